The van der Waals surface area contributed by atoms with Crippen molar-refractivity contribution in [3.63, 3.8) is 0 Å². The Morgan fingerprint density at radius 3 is 1.23 bits per heavy atom. The Morgan fingerprint density at radius 2 is 0.846 bits per heavy atom. The summed E-state index contributed by atoms with van der Waals surface area (Å²) in [6, 6.07) is 39.3. The second-order valence-electron chi connectivity index (χ2n) is 11.6. The maximum Gasteiger partial charge on any atom is -0.147 e. The van der Waals surface area contributed by atoms with Crippen LogP contribution in [0.3, 0.4) is 0 Å². The van der Waals surface area contributed by atoms with E-state index >= 15 is 0 Å². The molecule has 4 heteroatoms. The first-order valence-electron chi connectivity index (χ1n) is 14.6. The quantitative estimate of drug-likeness (QED) is 0.118. The van der Waals surface area contributed by atoms with E-state index < -0.39 is 19.4 Å². The first-order chi connectivity index (χ1) is 18.2. The molecule has 0 spiro atoms. The van der Waals surface area contributed by atoms with E-state index in [1.165, 1.54) is 66.8 Å². The molecule has 0 radical (unpaired) electrons. The molecule has 4 aromatic rings. The third-order valence-corrected chi connectivity index (χ3v) is 36.2. The molecule has 0 fully saturated rings. The van der Waals surface area contributed by atoms with Crippen LogP contribution in [0, 0.1) is 0 Å². The Hall–Kier alpha value is -1.44. The van der Waals surface area contributed by atoms with Crippen molar-refractivity contribution in [2.24, 2.45) is 0 Å². The zero-order valence-corrected chi connectivity index (χ0v) is 28.9. The third-order valence-electron chi connectivity index (χ3n) is 9.31. The van der Waals surface area contributed by atoms with Gasteiger partial charge in [-0.15, -0.1) is 24.8 Å². The van der Waals surface area contributed by atoms with Crippen molar-refractivity contribution >= 4 is 31.5 Å². The molecule has 2 aliphatic rings. The van der Waals surface area contributed by atoms with Gasteiger partial charge in [0.1, 0.15) is 0 Å². The smallest absolute Gasteiger partial charge is 0.147 e. The van der Waals surface area contributed by atoms with E-state index in [1.807, 2.05) is 0 Å². The molecule has 6 rings (SSSR count). The average Bonchev–Trinajstić information content (AvgIpc) is 3.46. The van der Waals surface area contributed by atoms with Crippen LogP contribution in [-0.2, 0) is 19.4 Å². The third kappa shape index (κ3) is 5.57. The Labute approximate surface area is 254 Å². The molecule has 39 heavy (non-hydrogen) atoms. The average molecular weight is 653 g/mol. The molecule has 0 N–H and O–H groups in total. The fourth-order valence-electron chi connectivity index (χ4n) is 7.65. The van der Waals surface area contributed by atoms with E-state index in [2.05, 4.69) is 109 Å². The summed E-state index contributed by atoms with van der Waals surface area (Å²) in [6.45, 7) is 2.10. The summed E-state index contributed by atoms with van der Waals surface area (Å²) >= 11 is -2.87. The van der Waals surface area contributed by atoms with Gasteiger partial charge in [-0.3, -0.25) is 0 Å². The second kappa shape index (κ2) is 13.5. The number of benzene rings is 4. The molecule has 0 saturated carbocycles. The molecule has 0 heterocycles. The van der Waals surface area contributed by atoms with Crippen LogP contribution in [0.1, 0.15) is 75.0 Å². The maximum atomic E-state index is 2.89. The van der Waals surface area contributed by atoms with Crippen molar-refractivity contribution in [2.45, 2.75) is 63.4 Å². The molecule has 0 unspecified atom stereocenters. The van der Waals surface area contributed by atoms with Crippen LogP contribution in [0.4, 0.5) is 0 Å². The van der Waals surface area contributed by atoms with Crippen LogP contribution in [-0.4, -0.2) is 6.65 Å². The summed E-state index contributed by atoms with van der Waals surface area (Å²) in [5.74, 6) is 0. The predicted octanol–water partition coefficient (Wildman–Crippen LogP) is 10.4. The van der Waals surface area contributed by atoms with Gasteiger partial charge in [0.2, 0.25) is 0 Å². The van der Waals surface area contributed by atoms with E-state index in [-0.39, 0.29) is 31.5 Å². The molecule has 0 nitrogen and oxygen atoms in total. The minimum absolute atomic E-state index is 0. The summed E-state index contributed by atoms with van der Waals surface area (Å²) in [5.41, 5.74) is 12.7. The topological polar surface area (TPSA) is 0 Å². The van der Waals surface area contributed by atoms with Crippen molar-refractivity contribution < 1.29 is 19.4 Å². The monoisotopic (exact) mass is 650 g/mol. The minimum Gasteiger partial charge on any atom is -0.147 e. The van der Waals surface area contributed by atoms with E-state index in [1.54, 1.807) is 22.3 Å². The molecule has 0 aromatic heterocycles. The van der Waals surface area contributed by atoms with Crippen LogP contribution in [0.25, 0.3) is 22.3 Å². The maximum absolute atomic E-state index is 2.89. The van der Waals surface area contributed by atoms with Gasteiger partial charge < -0.3 is 0 Å². The van der Waals surface area contributed by atoms with E-state index in [4.69, 9.17) is 0 Å². The summed E-state index contributed by atoms with van der Waals surface area (Å²) < 4.78 is 4.22. The number of hydrogen-bond donors (Lipinski definition) is 0. The zero-order valence-electron chi connectivity index (χ0n) is 23.4. The standard InChI is InChI=1S/2C13H9.C8H19Si.CH3.2ClH.Zr/c2*1-3-7-12-10(5-1)9-11-6-2-4-8-13(11)12;1-2-3-4-5-6-7-8-9;;;;/h2*1-9H;2-9H2,1H3;1H3;2*1H;. The van der Waals surface area contributed by atoms with Crippen LogP contribution >= 0.6 is 24.8 Å². The van der Waals surface area contributed by atoms with Gasteiger partial charge in [-0.2, -0.15) is 0 Å². The Kier molecular flexibility index (Phi) is 10.5. The molecular weight excluding hydrogens is 611 g/mol. The molecule has 4 aromatic carbocycles. The van der Waals surface area contributed by atoms with E-state index in [0.717, 1.165) is 0 Å². The Bertz CT molecular complexity index is 1210. The fraction of sp³-hybridized carbons (Fsp3) is 0.314. The normalized spacial score (nSPS) is 13.9. The van der Waals surface area contributed by atoms with Crippen molar-refractivity contribution in [1.82, 2.24) is 0 Å². The largest absolute Gasteiger partial charge is 0.147 e. The van der Waals surface area contributed by atoms with E-state index in [0.29, 0.717) is 7.25 Å². The predicted molar refractivity (Wildman–Crippen MR) is 175 cm³/mol. The molecule has 2 aliphatic carbocycles. The van der Waals surface area contributed by atoms with Crippen LogP contribution in [0.2, 0.25) is 10.7 Å². The van der Waals surface area contributed by atoms with Gasteiger partial charge in [-0.05, 0) is 0 Å². The number of hydrogen-bond acceptors (Lipinski definition) is 0. The number of halogens is 2. The van der Waals surface area contributed by atoms with Crippen LogP contribution in [0.15, 0.2) is 97.1 Å². The summed E-state index contributed by atoms with van der Waals surface area (Å²) in [6.07, 6.45) is 8.48. The van der Waals surface area contributed by atoms with Crippen LogP contribution < -0.4 is 0 Å². The summed E-state index contributed by atoms with van der Waals surface area (Å²) in [5, 5.41) is 0. The summed E-state index contributed by atoms with van der Waals surface area (Å²) in [7, 11) is 0. The molecule has 0 aliphatic heterocycles. The summed E-state index contributed by atoms with van der Waals surface area (Å²) in [4.78, 5) is 0. The van der Waals surface area contributed by atoms with Crippen molar-refractivity contribution in [1.29, 1.82) is 0 Å². The van der Waals surface area contributed by atoms with Crippen molar-refractivity contribution in [3.05, 3.63) is 119 Å². The number of rotatable bonds is 10. The molecule has 0 atom stereocenters. The van der Waals surface area contributed by atoms with Gasteiger partial charge in [0.05, 0.1) is 0 Å². The minimum atomic E-state index is -2.87. The van der Waals surface area contributed by atoms with Crippen molar-refractivity contribution in [3.8, 4) is 22.3 Å². The van der Waals surface area contributed by atoms with Gasteiger partial charge >= 0.3 is 231 Å². The van der Waals surface area contributed by atoms with Crippen LogP contribution in [0.5, 0.6) is 0 Å². The van der Waals surface area contributed by atoms with E-state index in [9.17, 15) is 0 Å². The van der Waals surface area contributed by atoms with Gasteiger partial charge in [-0.1, -0.05) is 0 Å². The fourth-order valence-corrected chi connectivity index (χ4v) is 36.8. The molecule has 0 amide bonds. The molecule has 0 bridgehead atoms. The first kappa shape index (κ1) is 30.5. The van der Waals surface area contributed by atoms with Gasteiger partial charge in [0.15, 0.2) is 0 Å². The number of unbranched alkanes of at least 4 members (excludes halogenated alkanes) is 5. The Morgan fingerprint density at radius 1 is 0.513 bits per heavy atom. The number of fused-ring (bicyclic) bond motifs is 6. The van der Waals surface area contributed by atoms with Gasteiger partial charge in [-0.25, -0.2) is 0 Å². The molecule has 204 valence electrons. The molecular formula is C35H42Cl2SiZr. The SMILES string of the molecule is CCCCCCCC[SiH2][Zr]([CH3])([CH]1c2ccccc2-c2ccccc21)[CH]1c2ccccc2-c2ccccc21.Cl.Cl. The zero-order chi connectivity index (χ0) is 25.2. The van der Waals surface area contributed by atoms with Crippen molar-refractivity contribution in [2.75, 3.05) is 0 Å². The van der Waals surface area contributed by atoms with Gasteiger partial charge in [0.25, 0.3) is 0 Å². The second-order valence-corrected chi connectivity index (χ2v) is 35.7. The van der Waals surface area contributed by atoms with Gasteiger partial charge in [0, 0.05) is 0 Å². The molecule has 0 saturated heterocycles. The first-order valence-corrected chi connectivity index (χ1v) is 26.8. The Balaban J connectivity index is 0.00000176.